The van der Waals surface area contributed by atoms with E-state index < -0.39 is 0 Å². The monoisotopic (exact) mass is 305 g/mol. The van der Waals surface area contributed by atoms with Gasteiger partial charge in [-0.3, -0.25) is 4.99 Å². The second kappa shape index (κ2) is 6.53. The lowest BCUT2D eigenvalue weighted by Crippen LogP contribution is -1.94. The van der Waals surface area contributed by atoms with Gasteiger partial charge in [0.05, 0.1) is 13.2 Å². The van der Waals surface area contributed by atoms with Gasteiger partial charge < -0.3 is 9.84 Å². The summed E-state index contributed by atoms with van der Waals surface area (Å²) in [4.78, 5) is 4.61. The van der Waals surface area contributed by atoms with E-state index >= 15 is 0 Å². The summed E-state index contributed by atoms with van der Waals surface area (Å²) in [5, 5.41) is 12.5. The Morgan fingerprint density at radius 2 is 1.74 bits per heavy atom. The summed E-state index contributed by atoms with van der Waals surface area (Å²) in [7, 11) is 1.54. The number of para-hydroxylation sites is 1. The molecule has 23 heavy (non-hydrogen) atoms. The first-order valence-corrected chi connectivity index (χ1v) is 7.57. The molecule has 0 aliphatic rings. The molecule has 3 heteroatoms. The van der Waals surface area contributed by atoms with Crippen molar-refractivity contribution in [3.05, 3.63) is 71.8 Å². The Morgan fingerprint density at radius 3 is 2.57 bits per heavy atom. The van der Waals surface area contributed by atoms with Gasteiger partial charge in [-0.2, -0.15) is 0 Å². The summed E-state index contributed by atoms with van der Waals surface area (Å²) < 4.78 is 5.12. The predicted octanol–water partition coefficient (Wildman–Crippen LogP) is 4.73. The molecule has 0 bridgehead atoms. The minimum atomic E-state index is -0.00768. The quantitative estimate of drug-likeness (QED) is 0.708. The average molecular weight is 305 g/mol. The Bertz CT molecular complexity index is 850. The largest absolute Gasteiger partial charge is 0.504 e. The van der Waals surface area contributed by atoms with Crippen LogP contribution in [0.3, 0.4) is 0 Å². The molecule has 3 aromatic carbocycles. The van der Waals surface area contributed by atoms with Crippen LogP contribution in [0.1, 0.15) is 24.1 Å². The van der Waals surface area contributed by atoms with E-state index in [0.29, 0.717) is 11.3 Å². The molecule has 1 N–H and O–H groups in total. The predicted molar refractivity (Wildman–Crippen MR) is 94.6 cm³/mol. The summed E-state index contributed by atoms with van der Waals surface area (Å²) >= 11 is 0. The lowest BCUT2D eigenvalue weighted by atomic mass is 10.00. The molecule has 3 aromatic rings. The van der Waals surface area contributed by atoms with Gasteiger partial charge in [0.2, 0.25) is 0 Å². The SMILES string of the molecule is COc1cccc(/C=N\C(C)c2cccc3ccccc23)c1O. The summed E-state index contributed by atoms with van der Waals surface area (Å²) in [6, 6.07) is 19.9. The lowest BCUT2D eigenvalue weighted by Gasteiger charge is -2.11. The third-order valence-electron chi connectivity index (χ3n) is 3.96. The number of methoxy groups -OCH3 is 1. The first-order valence-electron chi connectivity index (χ1n) is 7.57. The maximum absolute atomic E-state index is 10.1. The van der Waals surface area contributed by atoms with Crippen LogP contribution in [-0.4, -0.2) is 18.4 Å². The number of hydrogen-bond acceptors (Lipinski definition) is 3. The molecule has 0 saturated heterocycles. The van der Waals surface area contributed by atoms with Gasteiger partial charge in [0, 0.05) is 11.8 Å². The zero-order chi connectivity index (χ0) is 16.2. The molecule has 0 fully saturated rings. The highest BCUT2D eigenvalue weighted by Gasteiger charge is 2.09. The fourth-order valence-corrected chi connectivity index (χ4v) is 2.70. The third kappa shape index (κ3) is 3.04. The smallest absolute Gasteiger partial charge is 0.166 e. The van der Waals surface area contributed by atoms with E-state index in [9.17, 15) is 5.11 Å². The van der Waals surface area contributed by atoms with Gasteiger partial charge in [-0.15, -0.1) is 0 Å². The van der Waals surface area contributed by atoms with Gasteiger partial charge in [0.15, 0.2) is 11.5 Å². The second-order valence-corrected chi connectivity index (χ2v) is 5.42. The number of phenols is 1. The van der Waals surface area contributed by atoms with Crippen LogP contribution in [0.2, 0.25) is 0 Å². The molecule has 1 unspecified atom stereocenters. The number of ether oxygens (including phenoxy) is 1. The highest BCUT2D eigenvalue weighted by molar-refractivity contribution is 5.87. The first-order chi connectivity index (χ1) is 11.2. The number of rotatable bonds is 4. The molecule has 0 heterocycles. The van der Waals surface area contributed by atoms with Crippen molar-refractivity contribution in [1.29, 1.82) is 0 Å². The van der Waals surface area contributed by atoms with Gasteiger partial charge in [-0.05, 0) is 35.4 Å². The van der Waals surface area contributed by atoms with E-state index in [4.69, 9.17) is 4.74 Å². The van der Waals surface area contributed by atoms with Crippen molar-refractivity contribution in [2.45, 2.75) is 13.0 Å². The van der Waals surface area contributed by atoms with E-state index in [1.54, 1.807) is 12.3 Å². The molecule has 3 rings (SSSR count). The van der Waals surface area contributed by atoms with Crippen LogP contribution in [0.5, 0.6) is 11.5 Å². The van der Waals surface area contributed by atoms with E-state index in [-0.39, 0.29) is 11.8 Å². The number of aliphatic imine (C=N–C) groups is 1. The van der Waals surface area contributed by atoms with E-state index in [1.807, 2.05) is 30.3 Å². The fourth-order valence-electron chi connectivity index (χ4n) is 2.70. The Labute approximate surface area is 135 Å². The minimum Gasteiger partial charge on any atom is -0.504 e. The topological polar surface area (TPSA) is 41.8 Å². The normalized spacial score (nSPS) is 12.6. The van der Waals surface area contributed by atoms with Crippen LogP contribution >= 0.6 is 0 Å². The lowest BCUT2D eigenvalue weighted by molar-refractivity contribution is 0.373. The third-order valence-corrected chi connectivity index (χ3v) is 3.96. The van der Waals surface area contributed by atoms with Crippen LogP contribution in [0.25, 0.3) is 10.8 Å². The number of benzene rings is 3. The Morgan fingerprint density at radius 1 is 1.00 bits per heavy atom. The van der Waals surface area contributed by atoms with Crippen LogP contribution < -0.4 is 4.74 Å². The molecule has 116 valence electrons. The summed E-state index contributed by atoms with van der Waals surface area (Å²) in [5.41, 5.74) is 1.82. The van der Waals surface area contributed by atoms with Gasteiger partial charge in [0.25, 0.3) is 0 Å². The van der Waals surface area contributed by atoms with Gasteiger partial charge in [0.1, 0.15) is 0 Å². The Balaban J connectivity index is 1.93. The van der Waals surface area contributed by atoms with Crippen LogP contribution in [0.4, 0.5) is 0 Å². The van der Waals surface area contributed by atoms with Gasteiger partial charge in [-0.1, -0.05) is 48.5 Å². The Hall–Kier alpha value is -2.81. The molecule has 0 spiro atoms. The molecule has 0 aliphatic carbocycles. The van der Waals surface area contributed by atoms with Gasteiger partial charge >= 0.3 is 0 Å². The number of nitrogens with zero attached hydrogens (tertiary/aromatic N) is 1. The molecule has 3 nitrogen and oxygen atoms in total. The van der Waals surface area contributed by atoms with E-state index in [2.05, 4.69) is 36.2 Å². The Kier molecular flexibility index (Phi) is 4.29. The van der Waals surface area contributed by atoms with Crippen molar-refractivity contribution in [3.63, 3.8) is 0 Å². The van der Waals surface area contributed by atoms with Crippen molar-refractivity contribution < 1.29 is 9.84 Å². The molecular weight excluding hydrogens is 286 g/mol. The van der Waals surface area contributed by atoms with Crippen molar-refractivity contribution in [2.24, 2.45) is 4.99 Å². The second-order valence-electron chi connectivity index (χ2n) is 5.42. The summed E-state index contributed by atoms with van der Waals surface area (Å²) in [5.74, 6) is 0.565. The van der Waals surface area contributed by atoms with Crippen LogP contribution in [0, 0.1) is 0 Å². The number of hydrogen-bond donors (Lipinski definition) is 1. The van der Waals surface area contributed by atoms with Crippen molar-refractivity contribution >= 4 is 17.0 Å². The molecule has 0 radical (unpaired) electrons. The van der Waals surface area contributed by atoms with E-state index in [0.717, 1.165) is 0 Å². The summed E-state index contributed by atoms with van der Waals surface area (Å²) in [6.45, 7) is 2.05. The highest BCUT2D eigenvalue weighted by atomic mass is 16.5. The molecule has 0 saturated carbocycles. The fraction of sp³-hybridized carbons (Fsp3) is 0.150. The molecule has 1 atom stereocenters. The molecular formula is C20H19NO2. The standard InChI is InChI=1S/C20H19NO2/c1-14(17-11-5-8-15-7-3-4-10-18(15)17)21-13-16-9-6-12-19(23-2)20(16)22/h3-14,22H,1-2H3/b21-13-. The van der Waals surface area contributed by atoms with Crippen molar-refractivity contribution in [3.8, 4) is 11.5 Å². The van der Waals surface area contributed by atoms with Gasteiger partial charge in [-0.25, -0.2) is 0 Å². The van der Waals surface area contributed by atoms with Crippen LogP contribution in [0.15, 0.2) is 65.7 Å². The maximum atomic E-state index is 10.1. The minimum absolute atomic E-state index is 0.00768. The van der Waals surface area contributed by atoms with Crippen LogP contribution in [-0.2, 0) is 0 Å². The molecule has 0 aliphatic heterocycles. The highest BCUT2D eigenvalue weighted by Crippen LogP contribution is 2.30. The molecule has 0 amide bonds. The number of fused-ring (bicyclic) bond motifs is 1. The van der Waals surface area contributed by atoms with Crippen molar-refractivity contribution in [1.82, 2.24) is 0 Å². The maximum Gasteiger partial charge on any atom is 0.166 e. The summed E-state index contributed by atoms with van der Waals surface area (Å²) in [6.07, 6.45) is 1.70. The zero-order valence-electron chi connectivity index (χ0n) is 13.2. The zero-order valence-corrected chi connectivity index (χ0v) is 13.2. The van der Waals surface area contributed by atoms with E-state index in [1.165, 1.54) is 23.4 Å². The average Bonchev–Trinajstić information content (AvgIpc) is 2.60. The molecule has 0 aromatic heterocycles. The number of aromatic hydroxyl groups is 1. The first kappa shape index (κ1) is 15.1. The number of phenolic OH excluding ortho intramolecular Hbond substituents is 1. The van der Waals surface area contributed by atoms with Crippen molar-refractivity contribution in [2.75, 3.05) is 7.11 Å².